The van der Waals surface area contributed by atoms with E-state index < -0.39 is 21.9 Å². The lowest BCUT2D eigenvalue weighted by Gasteiger charge is -2.25. The molecule has 10 heteroatoms. The van der Waals surface area contributed by atoms with Crippen LogP contribution in [0.3, 0.4) is 0 Å². The van der Waals surface area contributed by atoms with Crippen LogP contribution in [0, 0.1) is 0 Å². The standard InChI is InChI=1S/C16H16N2O6S2/c19-15(17-12-3-1-11(2-4-12)16(20)21)14-9-13(10-25-14)26(22,23)18-5-7-24-8-6-18/h1-4,9-10H,5-8H2,(H,17,19)(H,20,21)/p-1. The molecule has 0 spiro atoms. The number of nitrogens with zero attached hydrogens (tertiary/aromatic N) is 1. The number of thiophene rings is 1. The summed E-state index contributed by atoms with van der Waals surface area (Å²) >= 11 is 1.02. The molecule has 0 bridgehead atoms. The molecule has 0 atom stereocenters. The molecule has 138 valence electrons. The monoisotopic (exact) mass is 395 g/mol. The highest BCUT2D eigenvalue weighted by molar-refractivity contribution is 7.89. The Morgan fingerprint density at radius 1 is 1.15 bits per heavy atom. The molecule has 2 heterocycles. The van der Waals surface area contributed by atoms with E-state index in [0.717, 1.165) is 11.3 Å². The minimum atomic E-state index is -3.65. The molecule has 2 aromatic rings. The normalized spacial score (nSPS) is 15.5. The van der Waals surface area contributed by atoms with Gasteiger partial charge >= 0.3 is 0 Å². The molecule has 0 unspecified atom stereocenters. The Hall–Kier alpha value is -2.27. The summed E-state index contributed by atoms with van der Waals surface area (Å²) in [6, 6.07) is 6.83. The lowest BCUT2D eigenvalue weighted by Crippen LogP contribution is -2.40. The number of hydrogen-bond donors (Lipinski definition) is 1. The first-order chi connectivity index (χ1) is 12.4. The van der Waals surface area contributed by atoms with Crippen molar-refractivity contribution < 1.29 is 27.9 Å². The van der Waals surface area contributed by atoms with Gasteiger partial charge in [0.05, 0.1) is 29.0 Å². The molecule has 1 N–H and O–H groups in total. The minimum Gasteiger partial charge on any atom is -0.545 e. The average Bonchev–Trinajstić information content (AvgIpc) is 3.14. The molecule has 26 heavy (non-hydrogen) atoms. The molecule has 1 aliphatic rings. The number of carboxylic acids is 1. The Bertz CT molecular complexity index is 914. The number of ether oxygens (including phenoxy) is 1. The van der Waals surface area contributed by atoms with Crippen LogP contribution in [-0.4, -0.2) is 50.9 Å². The van der Waals surface area contributed by atoms with Crippen LogP contribution < -0.4 is 10.4 Å². The van der Waals surface area contributed by atoms with E-state index in [-0.39, 0.29) is 28.4 Å². The maximum atomic E-state index is 12.6. The number of carbonyl (C=O) groups excluding carboxylic acids is 2. The van der Waals surface area contributed by atoms with Crippen molar-refractivity contribution in [1.82, 2.24) is 4.31 Å². The van der Waals surface area contributed by atoms with Gasteiger partial charge in [-0.25, -0.2) is 8.42 Å². The molecule has 1 aromatic carbocycles. The Morgan fingerprint density at radius 2 is 1.81 bits per heavy atom. The van der Waals surface area contributed by atoms with Gasteiger partial charge in [0.15, 0.2) is 0 Å². The molecule has 0 radical (unpaired) electrons. The SMILES string of the molecule is O=C([O-])c1ccc(NC(=O)c2cc(S(=O)(=O)N3CCOCC3)cs2)cc1. The van der Waals surface area contributed by atoms with Gasteiger partial charge in [0, 0.05) is 24.2 Å². The van der Waals surface area contributed by atoms with Crippen LogP contribution in [0.2, 0.25) is 0 Å². The van der Waals surface area contributed by atoms with E-state index in [1.165, 1.54) is 40.0 Å². The number of sulfonamides is 1. The number of carbonyl (C=O) groups is 2. The maximum Gasteiger partial charge on any atom is 0.265 e. The Balaban J connectivity index is 1.72. The molecule has 1 saturated heterocycles. The summed E-state index contributed by atoms with van der Waals surface area (Å²) < 4.78 is 31.6. The van der Waals surface area contributed by atoms with Crippen LogP contribution in [-0.2, 0) is 14.8 Å². The number of hydrogen-bond acceptors (Lipinski definition) is 7. The van der Waals surface area contributed by atoms with E-state index in [0.29, 0.717) is 18.9 Å². The second-order valence-corrected chi connectivity index (χ2v) is 8.33. The molecule has 1 fully saturated rings. The quantitative estimate of drug-likeness (QED) is 0.783. The summed E-state index contributed by atoms with van der Waals surface area (Å²) in [6.45, 7) is 1.26. The second-order valence-electron chi connectivity index (χ2n) is 5.48. The Labute approximate surface area is 154 Å². The number of morpholine rings is 1. The van der Waals surface area contributed by atoms with Gasteiger partial charge in [-0.1, -0.05) is 12.1 Å². The molecular weight excluding hydrogens is 380 g/mol. The van der Waals surface area contributed by atoms with Crippen LogP contribution in [0.1, 0.15) is 20.0 Å². The van der Waals surface area contributed by atoms with Crippen LogP contribution >= 0.6 is 11.3 Å². The predicted molar refractivity (Wildman–Crippen MR) is 92.6 cm³/mol. The van der Waals surface area contributed by atoms with Crippen molar-refractivity contribution in [2.45, 2.75) is 4.90 Å². The molecule has 8 nitrogen and oxygen atoms in total. The van der Waals surface area contributed by atoms with E-state index in [1.807, 2.05) is 0 Å². The molecule has 0 saturated carbocycles. The van der Waals surface area contributed by atoms with Crippen molar-refractivity contribution in [3.05, 3.63) is 46.2 Å². The predicted octanol–water partition coefficient (Wildman–Crippen LogP) is 0.385. The van der Waals surface area contributed by atoms with Gasteiger partial charge in [0.25, 0.3) is 5.91 Å². The van der Waals surface area contributed by atoms with E-state index in [1.54, 1.807) is 0 Å². The van der Waals surface area contributed by atoms with Crippen LogP contribution in [0.15, 0.2) is 40.6 Å². The van der Waals surface area contributed by atoms with Gasteiger partial charge in [-0.05, 0) is 23.8 Å². The number of rotatable bonds is 5. The van der Waals surface area contributed by atoms with Gasteiger partial charge in [-0.2, -0.15) is 4.31 Å². The average molecular weight is 395 g/mol. The lowest BCUT2D eigenvalue weighted by atomic mass is 10.2. The van der Waals surface area contributed by atoms with Crippen molar-refractivity contribution >= 4 is 38.9 Å². The fourth-order valence-electron chi connectivity index (χ4n) is 2.39. The summed E-state index contributed by atoms with van der Waals surface area (Å²) in [5, 5.41) is 14.7. The van der Waals surface area contributed by atoms with Gasteiger partial charge in [0.2, 0.25) is 10.0 Å². The van der Waals surface area contributed by atoms with Crippen LogP contribution in [0.4, 0.5) is 5.69 Å². The number of anilines is 1. The van der Waals surface area contributed by atoms with Crippen molar-refractivity contribution in [2.75, 3.05) is 31.6 Å². The smallest absolute Gasteiger partial charge is 0.265 e. The van der Waals surface area contributed by atoms with Crippen molar-refractivity contribution in [2.24, 2.45) is 0 Å². The zero-order valence-electron chi connectivity index (χ0n) is 13.5. The van der Waals surface area contributed by atoms with E-state index in [9.17, 15) is 23.1 Å². The number of nitrogens with one attached hydrogen (secondary N) is 1. The third-order valence-corrected chi connectivity index (χ3v) is 6.74. The lowest BCUT2D eigenvalue weighted by molar-refractivity contribution is -0.255. The summed E-state index contributed by atoms with van der Waals surface area (Å²) in [7, 11) is -3.65. The molecule has 3 rings (SSSR count). The highest BCUT2D eigenvalue weighted by atomic mass is 32.2. The highest BCUT2D eigenvalue weighted by Gasteiger charge is 2.28. The van der Waals surface area contributed by atoms with E-state index in [2.05, 4.69) is 5.32 Å². The summed E-state index contributed by atoms with van der Waals surface area (Å²) in [6.07, 6.45) is 0. The van der Waals surface area contributed by atoms with Crippen molar-refractivity contribution in [3.8, 4) is 0 Å². The van der Waals surface area contributed by atoms with Gasteiger partial charge in [-0.15, -0.1) is 11.3 Å². The van der Waals surface area contributed by atoms with Gasteiger partial charge in [0.1, 0.15) is 0 Å². The second kappa shape index (κ2) is 7.54. The fraction of sp³-hybridized carbons (Fsp3) is 0.250. The third-order valence-electron chi connectivity index (χ3n) is 3.79. The summed E-state index contributed by atoms with van der Waals surface area (Å²) in [5.41, 5.74) is 0.393. The van der Waals surface area contributed by atoms with Crippen molar-refractivity contribution in [1.29, 1.82) is 0 Å². The highest BCUT2D eigenvalue weighted by Crippen LogP contribution is 2.24. The Morgan fingerprint density at radius 3 is 2.42 bits per heavy atom. The Kier molecular flexibility index (Phi) is 5.37. The van der Waals surface area contributed by atoms with Crippen molar-refractivity contribution in [3.63, 3.8) is 0 Å². The topological polar surface area (TPSA) is 116 Å². The minimum absolute atomic E-state index is 0.00184. The molecule has 1 aliphatic heterocycles. The largest absolute Gasteiger partial charge is 0.545 e. The third kappa shape index (κ3) is 3.93. The van der Waals surface area contributed by atoms with E-state index >= 15 is 0 Å². The molecule has 1 aromatic heterocycles. The van der Waals surface area contributed by atoms with E-state index in [4.69, 9.17) is 4.74 Å². The molecule has 1 amide bonds. The summed E-state index contributed by atoms with van der Waals surface area (Å²) in [4.78, 5) is 23.3. The summed E-state index contributed by atoms with van der Waals surface area (Å²) in [5.74, 6) is -1.78. The number of carboxylic acid groups (broad SMARTS) is 1. The first-order valence-electron chi connectivity index (χ1n) is 7.67. The number of benzene rings is 1. The zero-order valence-corrected chi connectivity index (χ0v) is 15.1. The fourth-order valence-corrected chi connectivity index (χ4v) is 4.96. The van der Waals surface area contributed by atoms with Crippen LogP contribution in [0.5, 0.6) is 0 Å². The number of amides is 1. The number of aromatic carboxylic acids is 1. The first kappa shape index (κ1) is 18.5. The zero-order chi connectivity index (χ0) is 18.7. The van der Waals surface area contributed by atoms with Crippen LogP contribution in [0.25, 0.3) is 0 Å². The molecule has 0 aliphatic carbocycles. The van der Waals surface area contributed by atoms with Gasteiger partial charge in [-0.3, -0.25) is 4.79 Å². The first-order valence-corrected chi connectivity index (χ1v) is 9.99. The van der Waals surface area contributed by atoms with Gasteiger partial charge < -0.3 is 20.0 Å². The maximum absolute atomic E-state index is 12.6. The molecular formula is C16H15N2O6S2-.